The van der Waals surface area contributed by atoms with Gasteiger partial charge in [0.15, 0.2) is 11.5 Å². The smallest absolute Gasteiger partial charge is 0.420 e. The maximum Gasteiger partial charge on any atom is 0.420 e. The van der Waals surface area contributed by atoms with Crippen LogP contribution in [-0.4, -0.2) is 18.8 Å². The highest BCUT2D eigenvalue weighted by Crippen LogP contribution is 2.44. The molecule has 19 heavy (non-hydrogen) atoms. The van der Waals surface area contributed by atoms with Crippen LogP contribution in [-0.2, 0) is 11.7 Å². The van der Waals surface area contributed by atoms with Crippen molar-refractivity contribution in [3.63, 3.8) is 0 Å². The van der Waals surface area contributed by atoms with Crippen molar-refractivity contribution in [2.24, 2.45) is 0 Å². The fourth-order valence-electron chi connectivity index (χ4n) is 2.44. The molecule has 0 aliphatic carbocycles. The first kappa shape index (κ1) is 14.0. The number of hydrogen-bond donors (Lipinski definition) is 2. The largest absolute Gasteiger partial charge is 0.504 e. The molecule has 0 spiro atoms. The Labute approximate surface area is 109 Å². The monoisotopic (exact) mass is 275 g/mol. The molecule has 1 saturated heterocycles. The Bertz CT molecular complexity index is 480. The van der Waals surface area contributed by atoms with E-state index < -0.39 is 23.0 Å². The summed E-state index contributed by atoms with van der Waals surface area (Å²) in [6, 6.07) is 2.46. The SMILES string of the molecule is COc1cc(C2(C)CCCN2)cc(C(F)(F)F)c1O. The molecule has 0 radical (unpaired) electrons. The van der Waals surface area contributed by atoms with Gasteiger partial charge in [0.05, 0.1) is 7.11 Å². The Balaban J connectivity index is 2.57. The fraction of sp³-hybridized carbons (Fsp3) is 0.538. The van der Waals surface area contributed by atoms with E-state index in [4.69, 9.17) is 4.74 Å². The third-order valence-corrected chi connectivity index (χ3v) is 3.61. The number of methoxy groups -OCH3 is 1. The van der Waals surface area contributed by atoms with Crippen molar-refractivity contribution in [3.8, 4) is 11.5 Å². The Kier molecular flexibility index (Phi) is 3.38. The van der Waals surface area contributed by atoms with E-state index in [9.17, 15) is 18.3 Å². The quantitative estimate of drug-likeness (QED) is 0.871. The molecule has 1 unspecified atom stereocenters. The van der Waals surface area contributed by atoms with Crippen LogP contribution in [0.1, 0.15) is 30.9 Å². The van der Waals surface area contributed by atoms with E-state index in [0.29, 0.717) is 5.56 Å². The van der Waals surface area contributed by atoms with Gasteiger partial charge in [0.1, 0.15) is 5.56 Å². The molecule has 1 heterocycles. The van der Waals surface area contributed by atoms with Crippen LogP contribution in [0.4, 0.5) is 13.2 Å². The fourth-order valence-corrected chi connectivity index (χ4v) is 2.44. The summed E-state index contributed by atoms with van der Waals surface area (Å²) >= 11 is 0. The molecule has 2 N–H and O–H groups in total. The Morgan fingerprint density at radius 2 is 2.05 bits per heavy atom. The number of benzene rings is 1. The number of phenols is 1. The lowest BCUT2D eigenvalue weighted by Gasteiger charge is -2.27. The van der Waals surface area contributed by atoms with Gasteiger partial charge in [-0.1, -0.05) is 0 Å². The van der Waals surface area contributed by atoms with Gasteiger partial charge in [-0.15, -0.1) is 0 Å². The molecule has 1 aromatic carbocycles. The molecule has 0 saturated carbocycles. The number of aromatic hydroxyl groups is 1. The maximum atomic E-state index is 12.9. The zero-order valence-electron chi connectivity index (χ0n) is 10.8. The number of alkyl halides is 3. The van der Waals surface area contributed by atoms with Crippen LogP contribution in [0.2, 0.25) is 0 Å². The van der Waals surface area contributed by atoms with Crippen molar-refractivity contribution in [2.45, 2.75) is 31.5 Å². The lowest BCUT2D eigenvalue weighted by Crippen LogP contribution is -2.33. The number of ether oxygens (including phenoxy) is 1. The van der Waals surface area contributed by atoms with E-state index in [1.54, 1.807) is 0 Å². The molecule has 1 atom stereocenters. The van der Waals surface area contributed by atoms with E-state index in [2.05, 4.69) is 5.32 Å². The Morgan fingerprint density at radius 1 is 1.37 bits per heavy atom. The topological polar surface area (TPSA) is 41.5 Å². The summed E-state index contributed by atoms with van der Waals surface area (Å²) in [6.07, 6.45) is -2.96. The Morgan fingerprint density at radius 3 is 2.53 bits per heavy atom. The highest BCUT2D eigenvalue weighted by Gasteiger charge is 2.39. The Hall–Kier alpha value is -1.43. The van der Waals surface area contributed by atoms with Gasteiger partial charge in [-0.25, -0.2) is 0 Å². The lowest BCUT2D eigenvalue weighted by molar-refractivity contribution is -0.139. The molecular formula is C13H16F3NO2. The minimum Gasteiger partial charge on any atom is -0.504 e. The minimum atomic E-state index is -4.61. The van der Waals surface area contributed by atoms with Crippen molar-refractivity contribution < 1.29 is 23.0 Å². The molecule has 1 fully saturated rings. The number of rotatable bonds is 2. The van der Waals surface area contributed by atoms with Crippen LogP contribution >= 0.6 is 0 Å². The zero-order valence-corrected chi connectivity index (χ0v) is 10.8. The summed E-state index contributed by atoms with van der Waals surface area (Å²) in [4.78, 5) is 0. The molecule has 2 rings (SSSR count). The second-order valence-electron chi connectivity index (χ2n) is 4.93. The predicted octanol–water partition coefficient (Wildman–Crippen LogP) is 3.02. The van der Waals surface area contributed by atoms with Crippen molar-refractivity contribution in [1.29, 1.82) is 0 Å². The van der Waals surface area contributed by atoms with Gasteiger partial charge in [-0.05, 0) is 44.0 Å². The second-order valence-corrected chi connectivity index (χ2v) is 4.93. The van der Waals surface area contributed by atoms with Gasteiger partial charge < -0.3 is 15.2 Å². The van der Waals surface area contributed by atoms with Crippen LogP contribution in [0.3, 0.4) is 0 Å². The molecule has 0 bridgehead atoms. The first-order chi connectivity index (χ1) is 8.78. The number of hydrogen-bond acceptors (Lipinski definition) is 3. The third kappa shape index (κ3) is 2.49. The molecular weight excluding hydrogens is 259 g/mol. The van der Waals surface area contributed by atoms with Gasteiger partial charge in [0, 0.05) is 5.54 Å². The molecule has 1 aliphatic heterocycles. The van der Waals surface area contributed by atoms with Crippen molar-refractivity contribution in [1.82, 2.24) is 5.32 Å². The van der Waals surface area contributed by atoms with Crippen molar-refractivity contribution in [3.05, 3.63) is 23.3 Å². The first-order valence-corrected chi connectivity index (χ1v) is 6.01. The van der Waals surface area contributed by atoms with E-state index >= 15 is 0 Å². The lowest BCUT2D eigenvalue weighted by atomic mass is 9.89. The van der Waals surface area contributed by atoms with Crippen molar-refractivity contribution >= 4 is 0 Å². The molecule has 6 heteroatoms. The normalized spacial score (nSPS) is 23.6. The number of nitrogens with one attached hydrogen (secondary N) is 1. The van der Waals surface area contributed by atoms with Gasteiger partial charge in [-0.2, -0.15) is 13.2 Å². The van der Waals surface area contributed by atoms with Gasteiger partial charge in [-0.3, -0.25) is 0 Å². The maximum absolute atomic E-state index is 12.9. The van der Waals surface area contributed by atoms with Gasteiger partial charge in [0.25, 0.3) is 0 Å². The van der Waals surface area contributed by atoms with Crippen LogP contribution in [0.15, 0.2) is 12.1 Å². The predicted molar refractivity (Wildman–Crippen MR) is 64.2 cm³/mol. The summed E-state index contributed by atoms with van der Waals surface area (Å²) in [5, 5.41) is 12.8. The molecule has 0 amide bonds. The first-order valence-electron chi connectivity index (χ1n) is 6.01. The average molecular weight is 275 g/mol. The van der Waals surface area contributed by atoms with E-state index in [1.165, 1.54) is 13.2 Å². The summed E-state index contributed by atoms with van der Waals surface area (Å²) in [7, 11) is 1.24. The van der Waals surface area contributed by atoms with Crippen LogP contribution < -0.4 is 10.1 Å². The number of halogens is 3. The van der Waals surface area contributed by atoms with Crippen LogP contribution in [0.5, 0.6) is 11.5 Å². The minimum absolute atomic E-state index is 0.153. The van der Waals surface area contributed by atoms with E-state index in [0.717, 1.165) is 25.5 Å². The molecule has 3 nitrogen and oxygen atoms in total. The van der Waals surface area contributed by atoms with E-state index in [-0.39, 0.29) is 5.75 Å². The summed E-state index contributed by atoms with van der Waals surface area (Å²) in [5.41, 5.74) is -1.09. The third-order valence-electron chi connectivity index (χ3n) is 3.61. The van der Waals surface area contributed by atoms with Crippen molar-refractivity contribution in [2.75, 3.05) is 13.7 Å². The van der Waals surface area contributed by atoms with E-state index in [1.807, 2.05) is 6.92 Å². The summed E-state index contributed by atoms with van der Waals surface area (Å²) < 4.78 is 43.6. The average Bonchev–Trinajstić information content (AvgIpc) is 2.76. The molecule has 0 aromatic heterocycles. The standard InChI is InChI=1S/C13H16F3NO2/c1-12(4-3-5-17-12)8-6-9(13(14,15)16)11(18)10(7-8)19-2/h6-7,17-18H,3-5H2,1-2H3. The molecule has 106 valence electrons. The molecule has 1 aromatic rings. The second kappa shape index (κ2) is 4.59. The summed E-state index contributed by atoms with van der Waals surface area (Å²) in [5.74, 6) is -1.01. The highest BCUT2D eigenvalue weighted by atomic mass is 19.4. The highest BCUT2D eigenvalue weighted by molar-refractivity contribution is 5.51. The zero-order chi connectivity index (χ0) is 14.3. The molecule has 1 aliphatic rings. The van der Waals surface area contributed by atoms with Gasteiger partial charge in [0.2, 0.25) is 0 Å². The number of phenolic OH excluding ortho intramolecular Hbond substituents is 1. The van der Waals surface area contributed by atoms with Crippen LogP contribution in [0.25, 0.3) is 0 Å². The van der Waals surface area contributed by atoms with Crippen LogP contribution in [0, 0.1) is 0 Å². The summed E-state index contributed by atoms with van der Waals surface area (Å²) in [6.45, 7) is 2.62. The van der Waals surface area contributed by atoms with Gasteiger partial charge >= 0.3 is 6.18 Å².